The van der Waals surface area contributed by atoms with Gasteiger partial charge in [-0.15, -0.1) is 11.8 Å². The van der Waals surface area contributed by atoms with Crippen molar-refractivity contribution in [3.05, 3.63) is 42.4 Å². The van der Waals surface area contributed by atoms with Crippen molar-refractivity contribution in [1.82, 2.24) is 10.2 Å². The second-order valence-electron chi connectivity index (χ2n) is 7.03. The van der Waals surface area contributed by atoms with E-state index in [9.17, 15) is 4.79 Å². The zero-order valence-corrected chi connectivity index (χ0v) is 16.7. The Kier molecular flexibility index (Phi) is 6.44. The number of hydrogen-bond acceptors (Lipinski definition) is 6. The SMILES string of the molecule is O=C(CSc1ccc2c(c1)OCCO2)NCC(c1ccco1)N1CCCCC1. The Balaban J connectivity index is 1.30. The highest BCUT2D eigenvalue weighted by Crippen LogP contribution is 2.34. The van der Waals surface area contributed by atoms with Crippen molar-refractivity contribution in [3.8, 4) is 11.5 Å². The Morgan fingerprint density at radius 3 is 2.71 bits per heavy atom. The smallest absolute Gasteiger partial charge is 0.230 e. The Morgan fingerprint density at radius 1 is 1.11 bits per heavy atom. The van der Waals surface area contributed by atoms with Gasteiger partial charge in [0.1, 0.15) is 19.0 Å². The van der Waals surface area contributed by atoms with Crippen LogP contribution in [0.1, 0.15) is 31.1 Å². The van der Waals surface area contributed by atoms with E-state index >= 15 is 0 Å². The van der Waals surface area contributed by atoms with Gasteiger partial charge < -0.3 is 19.2 Å². The van der Waals surface area contributed by atoms with Gasteiger partial charge in [-0.3, -0.25) is 9.69 Å². The van der Waals surface area contributed by atoms with Crippen LogP contribution in [0.15, 0.2) is 45.9 Å². The lowest BCUT2D eigenvalue weighted by Gasteiger charge is -2.33. The van der Waals surface area contributed by atoms with E-state index in [0.29, 0.717) is 25.5 Å². The van der Waals surface area contributed by atoms with Crippen molar-refractivity contribution in [1.29, 1.82) is 0 Å². The summed E-state index contributed by atoms with van der Waals surface area (Å²) in [5.74, 6) is 2.82. The first-order valence-corrected chi connectivity index (χ1v) is 10.8. The molecule has 1 atom stereocenters. The van der Waals surface area contributed by atoms with Gasteiger partial charge in [-0.25, -0.2) is 0 Å². The fraction of sp³-hybridized carbons (Fsp3) is 0.476. The van der Waals surface area contributed by atoms with Crippen LogP contribution in [0.3, 0.4) is 0 Å². The summed E-state index contributed by atoms with van der Waals surface area (Å²) in [4.78, 5) is 15.8. The quantitative estimate of drug-likeness (QED) is 0.716. The predicted molar refractivity (Wildman–Crippen MR) is 108 cm³/mol. The number of nitrogens with one attached hydrogen (secondary N) is 1. The number of amides is 1. The molecule has 3 heterocycles. The van der Waals surface area contributed by atoms with Gasteiger partial charge in [0.05, 0.1) is 18.1 Å². The minimum Gasteiger partial charge on any atom is -0.486 e. The number of carbonyl (C=O) groups is 1. The van der Waals surface area contributed by atoms with Crippen molar-refractivity contribution in [3.63, 3.8) is 0 Å². The molecule has 1 N–H and O–H groups in total. The van der Waals surface area contributed by atoms with E-state index in [2.05, 4.69) is 10.2 Å². The number of furan rings is 1. The van der Waals surface area contributed by atoms with Gasteiger partial charge in [0.2, 0.25) is 5.91 Å². The van der Waals surface area contributed by atoms with Crippen LogP contribution in [-0.4, -0.2) is 49.4 Å². The van der Waals surface area contributed by atoms with E-state index in [1.807, 2.05) is 30.3 Å². The Morgan fingerprint density at radius 2 is 1.93 bits per heavy atom. The highest BCUT2D eigenvalue weighted by molar-refractivity contribution is 8.00. The maximum Gasteiger partial charge on any atom is 0.230 e. The van der Waals surface area contributed by atoms with Crippen LogP contribution in [-0.2, 0) is 4.79 Å². The molecule has 4 rings (SSSR count). The molecule has 2 aliphatic rings. The molecule has 1 unspecified atom stereocenters. The summed E-state index contributed by atoms with van der Waals surface area (Å²) in [5, 5.41) is 3.08. The standard InChI is InChI=1S/C21H26N2O4S/c24-21(15-28-16-6-7-19-20(13-16)27-12-11-26-19)22-14-17(18-5-4-10-25-18)23-8-2-1-3-9-23/h4-7,10,13,17H,1-3,8-9,11-12,14-15H2,(H,22,24). The molecular weight excluding hydrogens is 376 g/mol. The monoisotopic (exact) mass is 402 g/mol. The molecular formula is C21H26N2O4S. The summed E-state index contributed by atoms with van der Waals surface area (Å²) >= 11 is 1.50. The summed E-state index contributed by atoms with van der Waals surface area (Å²) in [5.41, 5.74) is 0. The van der Waals surface area contributed by atoms with Gasteiger partial charge >= 0.3 is 0 Å². The first kappa shape index (κ1) is 19.2. The molecule has 6 nitrogen and oxygen atoms in total. The molecule has 1 aromatic carbocycles. The molecule has 0 saturated carbocycles. The maximum atomic E-state index is 12.4. The molecule has 150 valence electrons. The van der Waals surface area contributed by atoms with Gasteiger partial charge in [0, 0.05) is 11.4 Å². The molecule has 1 fully saturated rings. The first-order valence-electron chi connectivity index (χ1n) is 9.86. The maximum absolute atomic E-state index is 12.4. The van der Waals surface area contributed by atoms with Crippen molar-refractivity contribution in [2.45, 2.75) is 30.2 Å². The van der Waals surface area contributed by atoms with Gasteiger partial charge in [-0.05, 0) is 56.3 Å². The Labute approximate surface area is 169 Å². The molecule has 1 aromatic heterocycles. The third-order valence-electron chi connectivity index (χ3n) is 5.08. The normalized spacial score (nSPS) is 17.9. The van der Waals surface area contributed by atoms with E-state index in [1.54, 1.807) is 6.26 Å². The van der Waals surface area contributed by atoms with E-state index < -0.39 is 0 Å². The average molecular weight is 403 g/mol. The first-order chi connectivity index (χ1) is 13.8. The number of benzene rings is 1. The minimum absolute atomic E-state index is 0.0217. The van der Waals surface area contributed by atoms with Crippen LogP contribution in [0.5, 0.6) is 11.5 Å². The van der Waals surface area contributed by atoms with Crippen LogP contribution in [0.4, 0.5) is 0 Å². The molecule has 2 aliphatic heterocycles. The van der Waals surface area contributed by atoms with Gasteiger partial charge in [-0.2, -0.15) is 0 Å². The van der Waals surface area contributed by atoms with Crippen LogP contribution in [0.2, 0.25) is 0 Å². The average Bonchev–Trinajstić information content (AvgIpc) is 3.27. The van der Waals surface area contributed by atoms with Crippen molar-refractivity contribution in [2.24, 2.45) is 0 Å². The van der Waals surface area contributed by atoms with Gasteiger partial charge in [0.25, 0.3) is 0 Å². The predicted octanol–water partition coefficient (Wildman–Crippen LogP) is 3.49. The van der Waals surface area contributed by atoms with E-state index in [4.69, 9.17) is 13.9 Å². The summed E-state index contributed by atoms with van der Waals surface area (Å²) < 4.78 is 16.8. The second kappa shape index (κ2) is 9.39. The second-order valence-corrected chi connectivity index (χ2v) is 8.07. The molecule has 0 radical (unpaired) electrons. The van der Waals surface area contributed by atoms with Crippen LogP contribution < -0.4 is 14.8 Å². The Bertz CT molecular complexity index is 775. The molecule has 1 amide bonds. The molecule has 0 aliphatic carbocycles. The third kappa shape index (κ3) is 4.83. The number of thioether (sulfide) groups is 1. The van der Waals surface area contributed by atoms with Crippen LogP contribution in [0.25, 0.3) is 0 Å². The van der Waals surface area contributed by atoms with Crippen LogP contribution >= 0.6 is 11.8 Å². The molecule has 2 aromatic rings. The number of piperidine rings is 1. The van der Waals surface area contributed by atoms with Gasteiger partial charge in [0.15, 0.2) is 11.5 Å². The number of ether oxygens (including phenoxy) is 2. The molecule has 0 spiro atoms. The zero-order valence-electron chi connectivity index (χ0n) is 15.9. The number of fused-ring (bicyclic) bond motifs is 1. The lowest BCUT2D eigenvalue weighted by atomic mass is 10.1. The van der Waals surface area contributed by atoms with Gasteiger partial charge in [-0.1, -0.05) is 6.42 Å². The molecule has 28 heavy (non-hydrogen) atoms. The minimum atomic E-state index is 0.0217. The molecule has 7 heteroatoms. The van der Waals surface area contributed by atoms with E-state index in [1.165, 1.54) is 31.0 Å². The third-order valence-corrected chi connectivity index (χ3v) is 6.07. The topological polar surface area (TPSA) is 63.9 Å². The summed E-state index contributed by atoms with van der Waals surface area (Å²) in [6, 6.07) is 9.80. The Hall–Kier alpha value is -2.12. The number of hydrogen-bond donors (Lipinski definition) is 1. The van der Waals surface area contributed by atoms with E-state index in [-0.39, 0.29) is 11.9 Å². The van der Waals surface area contributed by atoms with Crippen LogP contribution in [0, 0.1) is 0 Å². The zero-order chi connectivity index (χ0) is 19.2. The van der Waals surface area contributed by atoms with Crippen molar-refractivity contribution < 1.29 is 18.7 Å². The number of carbonyl (C=O) groups excluding carboxylic acids is 1. The van der Waals surface area contributed by atoms with Crippen molar-refractivity contribution >= 4 is 17.7 Å². The number of nitrogens with zero attached hydrogens (tertiary/aromatic N) is 1. The summed E-state index contributed by atoms with van der Waals surface area (Å²) in [6.07, 6.45) is 5.38. The number of likely N-dealkylation sites (tertiary alicyclic amines) is 1. The molecule has 1 saturated heterocycles. The lowest BCUT2D eigenvalue weighted by molar-refractivity contribution is -0.118. The number of rotatable bonds is 7. The van der Waals surface area contributed by atoms with E-state index in [0.717, 1.165) is 35.2 Å². The fourth-order valence-electron chi connectivity index (χ4n) is 3.64. The highest BCUT2D eigenvalue weighted by Gasteiger charge is 2.25. The largest absolute Gasteiger partial charge is 0.486 e. The fourth-order valence-corrected chi connectivity index (χ4v) is 4.40. The summed E-state index contributed by atoms with van der Waals surface area (Å²) in [7, 11) is 0. The summed E-state index contributed by atoms with van der Waals surface area (Å²) in [6.45, 7) is 3.80. The molecule has 0 bridgehead atoms. The highest BCUT2D eigenvalue weighted by atomic mass is 32.2. The van der Waals surface area contributed by atoms with Crippen molar-refractivity contribution in [2.75, 3.05) is 38.6 Å². The lowest BCUT2D eigenvalue weighted by Crippen LogP contribution is -2.40.